The summed E-state index contributed by atoms with van der Waals surface area (Å²) in [5.74, 6) is 0. The summed E-state index contributed by atoms with van der Waals surface area (Å²) in [6.45, 7) is 0. The summed E-state index contributed by atoms with van der Waals surface area (Å²) in [5.41, 5.74) is 2.89. The maximum atomic E-state index is 5.61. The summed E-state index contributed by atoms with van der Waals surface area (Å²) < 4.78 is 6.79. The van der Waals surface area contributed by atoms with Crippen LogP contribution in [0.5, 0.6) is 0 Å². The van der Waals surface area contributed by atoms with Gasteiger partial charge < -0.3 is 4.74 Å². The van der Waals surface area contributed by atoms with E-state index in [0.717, 1.165) is 0 Å². The number of epoxide rings is 1. The number of aryl methyl sites for hydroxylation is 1. The molecule has 1 aromatic carbocycles. The predicted molar refractivity (Wildman–Crippen MR) is 54.7 cm³/mol. The molecule has 0 N–H and O–H groups in total. The van der Waals surface area contributed by atoms with Crippen molar-refractivity contribution in [2.45, 2.75) is 31.5 Å². The molecule has 0 amide bonds. The van der Waals surface area contributed by atoms with Gasteiger partial charge in [0.2, 0.25) is 0 Å². The van der Waals surface area contributed by atoms with Gasteiger partial charge in [0, 0.05) is 4.47 Å². The van der Waals surface area contributed by atoms with Gasteiger partial charge in [-0.05, 0) is 42.5 Å². The Bertz CT molecular complexity index is 348. The van der Waals surface area contributed by atoms with Gasteiger partial charge in [-0.2, -0.15) is 0 Å². The summed E-state index contributed by atoms with van der Waals surface area (Å²) >= 11 is 3.51. The van der Waals surface area contributed by atoms with Gasteiger partial charge in [-0.1, -0.05) is 22.0 Å². The van der Waals surface area contributed by atoms with Crippen molar-refractivity contribution in [3.8, 4) is 0 Å². The van der Waals surface area contributed by atoms with Crippen LogP contribution in [0.2, 0.25) is 0 Å². The van der Waals surface area contributed by atoms with Crippen LogP contribution < -0.4 is 0 Å². The van der Waals surface area contributed by atoms with E-state index in [-0.39, 0.29) is 0 Å². The maximum Gasteiger partial charge on any atom is 0.109 e. The lowest BCUT2D eigenvalue weighted by Gasteiger charge is -2.05. The molecule has 1 aliphatic carbocycles. The molecule has 1 nitrogen and oxygen atoms in total. The number of hydrogen-bond acceptors (Lipinski definition) is 1. The summed E-state index contributed by atoms with van der Waals surface area (Å²) in [7, 11) is 0. The van der Waals surface area contributed by atoms with Gasteiger partial charge in [-0.25, -0.2) is 0 Å². The maximum absolute atomic E-state index is 5.61. The fourth-order valence-electron chi connectivity index (χ4n) is 2.20. The van der Waals surface area contributed by atoms with Crippen LogP contribution in [0.1, 0.15) is 30.1 Å². The Balaban J connectivity index is 2.08. The molecule has 2 atom stereocenters. The number of ether oxygens (including phenoxy) is 1. The highest BCUT2D eigenvalue weighted by Crippen LogP contribution is 2.45. The lowest BCUT2D eigenvalue weighted by molar-refractivity contribution is 0.357. The van der Waals surface area contributed by atoms with E-state index in [9.17, 15) is 0 Å². The molecule has 2 aliphatic rings. The van der Waals surface area contributed by atoms with Crippen LogP contribution in [0.4, 0.5) is 0 Å². The Morgan fingerprint density at radius 3 is 3.23 bits per heavy atom. The van der Waals surface area contributed by atoms with Gasteiger partial charge in [0.1, 0.15) is 6.10 Å². The van der Waals surface area contributed by atoms with Crippen LogP contribution in [0.25, 0.3) is 0 Å². The second-order valence-electron chi connectivity index (χ2n) is 3.83. The van der Waals surface area contributed by atoms with E-state index in [1.54, 1.807) is 0 Å². The molecule has 1 aromatic rings. The average Bonchev–Trinajstić information content (AvgIpc) is 2.82. The molecule has 0 unspecified atom stereocenters. The highest BCUT2D eigenvalue weighted by Gasteiger charge is 2.42. The zero-order valence-electron chi connectivity index (χ0n) is 7.29. The highest BCUT2D eigenvalue weighted by molar-refractivity contribution is 9.10. The van der Waals surface area contributed by atoms with Crippen LogP contribution in [0.15, 0.2) is 22.7 Å². The molecule has 0 spiro atoms. The Morgan fingerprint density at radius 1 is 1.38 bits per heavy atom. The lowest BCUT2D eigenvalue weighted by atomic mass is 10.0. The summed E-state index contributed by atoms with van der Waals surface area (Å²) in [5, 5.41) is 0. The van der Waals surface area contributed by atoms with Crippen molar-refractivity contribution in [1.29, 1.82) is 0 Å². The first-order valence-electron chi connectivity index (χ1n) is 4.78. The van der Waals surface area contributed by atoms with Gasteiger partial charge in [0.05, 0.1) is 6.10 Å². The van der Waals surface area contributed by atoms with Crippen molar-refractivity contribution < 1.29 is 4.74 Å². The molecular formula is C11H11BrO. The number of benzene rings is 1. The number of halogens is 1. The Kier molecular flexibility index (Phi) is 1.74. The van der Waals surface area contributed by atoms with Crippen molar-refractivity contribution in [2.24, 2.45) is 0 Å². The molecule has 1 aliphatic heterocycles. The standard InChI is InChI=1S/C11H11BrO/c12-8-4-5-9-7(6-8)2-1-3-10-11(9)13-10/h4-6,10-11H,1-3H2/t10-,11+/m1/s1. The lowest BCUT2D eigenvalue weighted by Crippen LogP contribution is -1.90. The first kappa shape index (κ1) is 8.01. The van der Waals surface area contributed by atoms with Crippen LogP contribution >= 0.6 is 15.9 Å². The van der Waals surface area contributed by atoms with E-state index in [4.69, 9.17) is 4.74 Å². The third-order valence-electron chi connectivity index (χ3n) is 2.93. The molecule has 0 saturated carbocycles. The Hall–Kier alpha value is -0.340. The van der Waals surface area contributed by atoms with Crippen LogP contribution in [0, 0.1) is 0 Å². The topological polar surface area (TPSA) is 12.5 Å². The molecule has 1 heterocycles. The number of rotatable bonds is 0. The molecule has 0 radical (unpaired) electrons. The van der Waals surface area contributed by atoms with Crippen molar-refractivity contribution in [3.63, 3.8) is 0 Å². The van der Waals surface area contributed by atoms with E-state index in [1.165, 1.54) is 34.9 Å². The summed E-state index contributed by atoms with van der Waals surface area (Å²) in [6, 6.07) is 6.55. The molecule has 0 bridgehead atoms. The fourth-order valence-corrected chi connectivity index (χ4v) is 2.61. The largest absolute Gasteiger partial charge is 0.364 e. The molecular weight excluding hydrogens is 228 g/mol. The quantitative estimate of drug-likeness (QED) is 0.633. The zero-order chi connectivity index (χ0) is 8.84. The predicted octanol–water partition coefficient (Wildman–Crippen LogP) is 3.23. The van der Waals surface area contributed by atoms with Crippen molar-refractivity contribution in [3.05, 3.63) is 33.8 Å². The van der Waals surface area contributed by atoms with Gasteiger partial charge in [-0.3, -0.25) is 0 Å². The molecule has 1 fully saturated rings. The van der Waals surface area contributed by atoms with Gasteiger partial charge in [0.15, 0.2) is 0 Å². The minimum atomic E-state index is 0.422. The molecule has 68 valence electrons. The van der Waals surface area contributed by atoms with Gasteiger partial charge in [-0.15, -0.1) is 0 Å². The Morgan fingerprint density at radius 2 is 2.31 bits per heavy atom. The molecule has 13 heavy (non-hydrogen) atoms. The van der Waals surface area contributed by atoms with E-state index < -0.39 is 0 Å². The van der Waals surface area contributed by atoms with E-state index >= 15 is 0 Å². The van der Waals surface area contributed by atoms with Crippen LogP contribution in [0.3, 0.4) is 0 Å². The van der Waals surface area contributed by atoms with Crippen molar-refractivity contribution in [2.75, 3.05) is 0 Å². The van der Waals surface area contributed by atoms with Crippen LogP contribution in [-0.4, -0.2) is 6.10 Å². The first-order valence-corrected chi connectivity index (χ1v) is 5.58. The van der Waals surface area contributed by atoms with E-state index in [0.29, 0.717) is 12.2 Å². The number of fused-ring (bicyclic) bond motifs is 3. The van der Waals surface area contributed by atoms with Crippen molar-refractivity contribution >= 4 is 15.9 Å². The van der Waals surface area contributed by atoms with Gasteiger partial charge in [0.25, 0.3) is 0 Å². The Labute approximate surface area is 86.2 Å². The van der Waals surface area contributed by atoms with Crippen LogP contribution in [-0.2, 0) is 11.2 Å². The van der Waals surface area contributed by atoms with E-state index in [1.807, 2.05) is 0 Å². The summed E-state index contributed by atoms with van der Waals surface area (Å²) in [4.78, 5) is 0. The fraction of sp³-hybridized carbons (Fsp3) is 0.455. The van der Waals surface area contributed by atoms with Crippen molar-refractivity contribution in [1.82, 2.24) is 0 Å². The zero-order valence-corrected chi connectivity index (χ0v) is 8.88. The normalized spacial score (nSPS) is 30.2. The van der Waals surface area contributed by atoms with E-state index in [2.05, 4.69) is 34.1 Å². The molecule has 3 rings (SSSR count). The molecule has 1 saturated heterocycles. The second-order valence-corrected chi connectivity index (χ2v) is 4.75. The second kappa shape index (κ2) is 2.82. The minimum absolute atomic E-state index is 0.422. The monoisotopic (exact) mass is 238 g/mol. The minimum Gasteiger partial charge on any atom is -0.364 e. The molecule has 0 aromatic heterocycles. The first-order chi connectivity index (χ1) is 6.34. The smallest absolute Gasteiger partial charge is 0.109 e. The SMILES string of the molecule is Brc1ccc2c(c1)CCC[C@H]1O[C@@H]21. The highest BCUT2D eigenvalue weighted by atomic mass is 79.9. The third-order valence-corrected chi connectivity index (χ3v) is 3.42. The molecule has 2 heteroatoms. The number of hydrogen-bond donors (Lipinski definition) is 0. The van der Waals surface area contributed by atoms with Gasteiger partial charge >= 0.3 is 0 Å². The summed E-state index contributed by atoms with van der Waals surface area (Å²) in [6.07, 6.45) is 4.67. The average molecular weight is 239 g/mol. The third kappa shape index (κ3) is 1.32.